The molecule has 3 heteroatoms. The molecule has 96 valence electrons. The Morgan fingerprint density at radius 3 is 2.53 bits per heavy atom. The van der Waals surface area contributed by atoms with Crippen LogP contribution in [0.1, 0.15) is 44.8 Å². The molecule has 0 aromatic heterocycles. The van der Waals surface area contributed by atoms with Crippen LogP contribution in [0.15, 0.2) is 18.2 Å². The second-order valence-corrected chi connectivity index (χ2v) is 4.73. The molecule has 1 N–H and O–H groups in total. The van der Waals surface area contributed by atoms with Crippen LogP contribution < -0.4 is 4.74 Å². The van der Waals surface area contributed by atoms with Crippen molar-refractivity contribution in [1.82, 2.24) is 0 Å². The van der Waals surface area contributed by atoms with E-state index in [1.165, 1.54) is 13.2 Å². The van der Waals surface area contributed by atoms with Gasteiger partial charge >= 0.3 is 0 Å². The van der Waals surface area contributed by atoms with E-state index in [9.17, 15) is 9.50 Å². The molecule has 0 saturated carbocycles. The summed E-state index contributed by atoms with van der Waals surface area (Å²) in [6.45, 7) is 4.30. The van der Waals surface area contributed by atoms with Crippen molar-refractivity contribution < 1.29 is 14.2 Å². The molecular weight excluding hydrogens is 219 g/mol. The third-order valence-corrected chi connectivity index (χ3v) is 2.82. The molecule has 0 aliphatic heterocycles. The predicted molar refractivity (Wildman–Crippen MR) is 66.6 cm³/mol. The van der Waals surface area contributed by atoms with Crippen LogP contribution in [0.2, 0.25) is 0 Å². The monoisotopic (exact) mass is 240 g/mol. The van der Waals surface area contributed by atoms with Crippen LogP contribution in [-0.4, -0.2) is 12.2 Å². The minimum atomic E-state index is -0.589. The smallest absolute Gasteiger partial charge is 0.165 e. The molecule has 1 atom stereocenters. The Hall–Kier alpha value is -1.09. The molecule has 1 aromatic carbocycles. The lowest BCUT2D eigenvalue weighted by molar-refractivity contribution is 0.161. The summed E-state index contributed by atoms with van der Waals surface area (Å²) in [7, 11) is 1.43. The van der Waals surface area contributed by atoms with E-state index in [2.05, 4.69) is 13.8 Å². The second kappa shape index (κ2) is 6.60. The molecule has 0 radical (unpaired) electrons. The van der Waals surface area contributed by atoms with Crippen LogP contribution in [0.25, 0.3) is 0 Å². The normalized spacial score (nSPS) is 12.8. The number of ether oxygens (including phenoxy) is 1. The van der Waals surface area contributed by atoms with E-state index >= 15 is 0 Å². The summed E-state index contributed by atoms with van der Waals surface area (Å²) in [6, 6.07) is 4.61. The van der Waals surface area contributed by atoms with Crippen LogP contribution >= 0.6 is 0 Å². The van der Waals surface area contributed by atoms with Gasteiger partial charge in [0.2, 0.25) is 0 Å². The van der Waals surface area contributed by atoms with Gasteiger partial charge < -0.3 is 9.84 Å². The van der Waals surface area contributed by atoms with E-state index in [0.717, 1.165) is 12.8 Å². The molecule has 1 unspecified atom stereocenters. The number of aliphatic hydroxyl groups is 1. The third kappa shape index (κ3) is 4.35. The van der Waals surface area contributed by atoms with Crippen LogP contribution in [0.5, 0.6) is 5.75 Å². The Kier molecular flexibility index (Phi) is 5.42. The van der Waals surface area contributed by atoms with E-state index in [4.69, 9.17) is 4.74 Å². The number of benzene rings is 1. The van der Waals surface area contributed by atoms with Crippen molar-refractivity contribution in [2.45, 2.75) is 39.2 Å². The first-order valence-electron chi connectivity index (χ1n) is 6.06. The van der Waals surface area contributed by atoms with Gasteiger partial charge in [0.1, 0.15) is 0 Å². The van der Waals surface area contributed by atoms with Gasteiger partial charge in [0, 0.05) is 0 Å². The molecule has 0 bridgehead atoms. The maximum absolute atomic E-state index is 13.4. The maximum atomic E-state index is 13.4. The maximum Gasteiger partial charge on any atom is 0.165 e. The van der Waals surface area contributed by atoms with Crippen molar-refractivity contribution in [2.75, 3.05) is 7.11 Å². The molecule has 2 nitrogen and oxygen atoms in total. The largest absolute Gasteiger partial charge is 0.494 e. The minimum absolute atomic E-state index is 0.211. The lowest BCUT2D eigenvalue weighted by Gasteiger charge is -2.13. The molecular formula is C14H21FO2. The van der Waals surface area contributed by atoms with Gasteiger partial charge in [0.05, 0.1) is 13.2 Å². The highest BCUT2D eigenvalue weighted by Gasteiger charge is 2.11. The average molecular weight is 240 g/mol. The van der Waals surface area contributed by atoms with Crippen LogP contribution in [-0.2, 0) is 0 Å². The van der Waals surface area contributed by atoms with Gasteiger partial charge in [-0.15, -0.1) is 0 Å². The summed E-state index contributed by atoms with van der Waals surface area (Å²) in [5.41, 5.74) is 0.618. The highest BCUT2D eigenvalue weighted by Crippen LogP contribution is 2.25. The second-order valence-electron chi connectivity index (χ2n) is 4.73. The number of halogens is 1. The van der Waals surface area contributed by atoms with E-state index in [0.29, 0.717) is 17.9 Å². The summed E-state index contributed by atoms with van der Waals surface area (Å²) >= 11 is 0. The fourth-order valence-corrected chi connectivity index (χ4v) is 1.78. The van der Waals surface area contributed by atoms with E-state index in [1.807, 2.05) is 0 Å². The zero-order valence-corrected chi connectivity index (χ0v) is 10.7. The predicted octanol–water partition coefficient (Wildman–Crippen LogP) is 3.69. The molecule has 1 rings (SSSR count). The van der Waals surface area contributed by atoms with Gasteiger partial charge in [-0.2, -0.15) is 0 Å². The van der Waals surface area contributed by atoms with Crippen LogP contribution in [0, 0.1) is 11.7 Å². The highest BCUT2D eigenvalue weighted by molar-refractivity contribution is 5.30. The first-order chi connectivity index (χ1) is 8.04. The lowest BCUT2D eigenvalue weighted by Crippen LogP contribution is -2.00. The van der Waals surface area contributed by atoms with Crippen molar-refractivity contribution in [3.63, 3.8) is 0 Å². The van der Waals surface area contributed by atoms with E-state index in [1.54, 1.807) is 12.1 Å². The quantitative estimate of drug-likeness (QED) is 0.821. The van der Waals surface area contributed by atoms with Crippen molar-refractivity contribution in [1.29, 1.82) is 0 Å². The Balaban J connectivity index is 2.57. The molecule has 0 saturated heterocycles. The molecule has 0 aliphatic carbocycles. The topological polar surface area (TPSA) is 29.5 Å². The standard InChI is InChI=1S/C14H21FO2/c1-10(2)5-4-6-13(16)11-7-8-14(17-3)12(15)9-11/h7-10,13,16H,4-6H2,1-3H3. The van der Waals surface area contributed by atoms with Gasteiger partial charge in [-0.25, -0.2) is 4.39 Å². The van der Waals surface area contributed by atoms with Crippen LogP contribution in [0.3, 0.4) is 0 Å². The number of aliphatic hydroxyl groups excluding tert-OH is 1. The summed E-state index contributed by atoms with van der Waals surface area (Å²) in [6.07, 6.45) is 2.11. The van der Waals surface area contributed by atoms with Crippen molar-refractivity contribution in [2.24, 2.45) is 5.92 Å². The zero-order valence-electron chi connectivity index (χ0n) is 10.7. The summed E-state index contributed by atoms with van der Waals surface area (Å²) in [4.78, 5) is 0. The van der Waals surface area contributed by atoms with Gasteiger partial charge in [-0.1, -0.05) is 32.8 Å². The number of rotatable bonds is 6. The van der Waals surface area contributed by atoms with Crippen molar-refractivity contribution in [3.8, 4) is 5.75 Å². The van der Waals surface area contributed by atoms with Crippen molar-refractivity contribution >= 4 is 0 Å². The van der Waals surface area contributed by atoms with Gasteiger partial charge in [0.15, 0.2) is 11.6 Å². The highest BCUT2D eigenvalue weighted by atomic mass is 19.1. The molecule has 0 amide bonds. The zero-order chi connectivity index (χ0) is 12.8. The van der Waals surface area contributed by atoms with Gasteiger partial charge in [-0.3, -0.25) is 0 Å². The Labute approximate surface area is 102 Å². The van der Waals surface area contributed by atoms with E-state index < -0.39 is 11.9 Å². The molecule has 0 aliphatic rings. The first kappa shape index (κ1) is 14.0. The summed E-state index contributed by atoms with van der Waals surface area (Å²) < 4.78 is 18.3. The molecule has 17 heavy (non-hydrogen) atoms. The Morgan fingerprint density at radius 1 is 1.29 bits per heavy atom. The Bertz CT molecular complexity index is 350. The molecule has 1 aromatic rings. The fraction of sp³-hybridized carbons (Fsp3) is 0.571. The van der Waals surface area contributed by atoms with Crippen molar-refractivity contribution in [3.05, 3.63) is 29.6 Å². The van der Waals surface area contributed by atoms with Crippen LogP contribution in [0.4, 0.5) is 4.39 Å². The fourth-order valence-electron chi connectivity index (χ4n) is 1.78. The van der Waals surface area contributed by atoms with Gasteiger partial charge in [0.25, 0.3) is 0 Å². The number of hydrogen-bond acceptors (Lipinski definition) is 2. The third-order valence-electron chi connectivity index (χ3n) is 2.82. The lowest BCUT2D eigenvalue weighted by atomic mass is 10.00. The molecule has 0 spiro atoms. The summed E-state index contributed by atoms with van der Waals surface area (Å²) in [5, 5.41) is 9.91. The Morgan fingerprint density at radius 2 is 2.00 bits per heavy atom. The minimum Gasteiger partial charge on any atom is -0.494 e. The number of hydrogen-bond donors (Lipinski definition) is 1. The molecule has 0 fully saturated rings. The molecule has 0 heterocycles. The van der Waals surface area contributed by atoms with Gasteiger partial charge in [-0.05, 0) is 30.0 Å². The van der Waals surface area contributed by atoms with E-state index in [-0.39, 0.29) is 5.75 Å². The SMILES string of the molecule is COc1ccc(C(O)CCCC(C)C)cc1F. The first-order valence-corrected chi connectivity index (χ1v) is 6.06. The summed E-state index contributed by atoms with van der Waals surface area (Å²) in [5.74, 6) is 0.422. The number of methoxy groups -OCH3 is 1. The average Bonchev–Trinajstić information content (AvgIpc) is 2.28.